The number of hydrogen-bond donors (Lipinski definition) is 2. The van der Waals surface area contributed by atoms with Crippen molar-refractivity contribution in [2.24, 2.45) is 0 Å². The first-order valence-electron chi connectivity index (χ1n) is 5.16. The number of aromatic nitrogens is 1. The summed E-state index contributed by atoms with van der Waals surface area (Å²) in [5, 5.41) is 3.87. The molecule has 84 valence electrons. The molecular formula is C12H14N2O2. The highest BCUT2D eigenvalue weighted by atomic mass is 16.5. The van der Waals surface area contributed by atoms with Gasteiger partial charge < -0.3 is 15.0 Å². The van der Waals surface area contributed by atoms with Crippen molar-refractivity contribution in [3.63, 3.8) is 0 Å². The average molecular weight is 218 g/mol. The summed E-state index contributed by atoms with van der Waals surface area (Å²) in [6.07, 6.45) is 2.17. The van der Waals surface area contributed by atoms with Gasteiger partial charge in [-0.3, -0.25) is 4.79 Å². The van der Waals surface area contributed by atoms with E-state index >= 15 is 0 Å². The molecule has 2 aromatic rings. The number of fused-ring (bicyclic) bond motifs is 1. The molecule has 1 aromatic heterocycles. The van der Waals surface area contributed by atoms with Gasteiger partial charge in [-0.1, -0.05) is 18.2 Å². The number of ether oxygens (including phenoxy) is 1. The van der Waals surface area contributed by atoms with Crippen molar-refractivity contribution >= 4 is 22.5 Å². The van der Waals surface area contributed by atoms with Gasteiger partial charge in [0.2, 0.25) is 5.91 Å². The van der Waals surface area contributed by atoms with Gasteiger partial charge in [0.1, 0.15) is 0 Å². The lowest BCUT2D eigenvalue weighted by molar-refractivity contribution is -0.117. The first kappa shape index (κ1) is 10.7. The number of hydrogen-bond acceptors (Lipinski definition) is 2. The fourth-order valence-corrected chi connectivity index (χ4v) is 1.58. The molecule has 16 heavy (non-hydrogen) atoms. The molecule has 1 heterocycles. The second-order valence-corrected chi connectivity index (χ2v) is 3.54. The molecule has 4 heteroatoms. The molecule has 1 amide bonds. The molecule has 0 aliphatic heterocycles. The Hall–Kier alpha value is -1.81. The minimum absolute atomic E-state index is 0.0356. The monoisotopic (exact) mass is 218 g/mol. The Balaban J connectivity index is 2.12. The fourth-order valence-electron chi connectivity index (χ4n) is 1.58. The SMILES string of the molecule is COCCC(=O)Nc1c[nH]c2ccccc12. The summed E-state index contributed by atoms with van der Waals surface area (Å²) >= 11 is 0. The first-order valence-corrected chi connectivity index (χ1v) is 5.16. The molecule has 0 atom stereocenters. The molecule has 0 aliphatic rings. The van der Waals surface area contributed by atoms with E-state index in [1.807, 2.05) is 24.3 Å². The number of anilines is 1. The molecule has 0 aliphatic carbocycles. The lowest BCUT2D eigenvalue weighted by Gasteiger charge is -2.02. The van der Waals surface area contributed by atoms with Gasteiger partial charge in [-0.15, -0.1) is 0 Å². The van der Waals surface area contributed by atoms with Crippen LogP contribution in [0.5, 0.6) is 0 Å². The lowest BCUT2D eigenvalue weighted by Crippen LogP contribution is -2.13. The minimum atomic E-state index is -0.0356. The van der Waals surface area contributed by atoms with E-state index in [1.165, 1.54) is 0 Å². The van der Waals surface area contributed by atoms with Crippen molar-refractivity contribution < 1.29 is 9.53 Å². The summed E-state index contributed by atoms with van der Waals surface area (Å²) in [4.78, 5) is 14.6. The quantitative estimate of drug-likeness (QED) is 0.826. The van der Waals surface area contributed by atoms with Crippen molar-refractivity contribution in [3.8, 4) is 0 Å². The van der Waals surface area contributed by atoms with Gasteiger partial charge in [0, 0.05) is 24.2 Å². The second kappa shape index (κ2) is 4.81. The van der Waals surface area contributed by atoms with Gasteiger partial charge in [0.25, 0.3) is 0 Å². The van der Waals surface area contributed by atoms with Crippen molar-refractivity contribution in [3.05, 3.63) is 30.5 Å². The van der Waals surface area contributed by atoms with Gasteiger partial charge in [-0.25, -0.2) is 0 Å². The minimum Gasteiger partial charge on any atom is -0.384 e. The summed E-state index contributed by atoms with van der Waals surface area (Å²) in [6, 6.07) is 7.84. The van der Waals surface area contributed by atoms with Crippen LogP contribution >= 0.6 is 0 Å². The van der Waals surface area contributed by atoms with Crippen LogP contribution in [0.4, 0.5) is 5.69 Å². The molecular weight excluding hydrogens is 204 g/mol. The van der Waals surface area contributed by atoms with E-state index in [0.717, 1.165) is 16.6 Å². The highest BCUT2D eigenvalue weighted by Gasteiger charge is 2.06. The number of methoxy groups -OCH3 is 1. The topological polar surface area (TPSA) is 54.1 Å². The molecule has 0 radical (unpaired) electrons. The van der Waals surface area contributed by atoms with Crippen LogP contribution in [0, 0.1) is 0 Å². The van der Waals surface area contributed by atoms with Gasteiger partial charge in [-0.05, 0) is 6.07 Å². The summed E-state index contributed by atoms with van der Waals surface area (Å²) in [7, 11) is 1.58. The molecule has 2 rings (SSSR count). The van der Waals surface area contributed by atoms with Crippen LogP contribution in [-0.4, -0.2) is 24.6 Å². The number of benzene rings is 1. The molecule has 0 unspecified atom stereocenters. The zero-order valence-electron chi connectivity index (χ0n) is 9.12. The number of amides is 1. The molecule has 0 saturated carbocycles. The second-order valence-electron chi connectivity index (χ2n) is 3.54. The first-order chi connectivity index (χ1) is 7.81. The smallest absolute Gasteiger partial charge is 0.226 e. The Kier molecular flexibility index (Phi) is 3.22. The van der Waals surface area contributed by atoms with E-state index in [0.29, 0.717) is 13.0 Å². The number of H-pyrrole nitrogens is 1. The summed E-state index contributed by atoms with van der Waals surface area (Å²) in [5.74, 6) is -0.0356. The Bertz CT molecular complexity index is 490. The van der Waals surface area contributed by atoms with Gasteiger partial charge in [0.15, 0.2) is 0 Å². The van der Waals surface area contributed by atoms with Crippen LogP contribution in [0.25, 0.3) is 10.9 Å². The largest absolute Gasteiger partial charge is 0.384 e. The Morgan fingerprint density at radius 3 is 3.06 bits per heavy atom. The van der Waals surface area contributed by atoms with Crippen LogP contribution in [0.1, 0.15) is 6.42 Å². The van der Waals surface area contributed by atoms with E-state index in [2.05, 4.69) is 10.3 Å². The van der Waals surface area contributed by atoms with Gasteiger partial charge in [0.05, 0.1) is 18.7 Å². The highest BCUT2D eigenvalue weighted by Crippen LogP contribution is 2.22. The third-order valence-corrected chi connectivity index (χ3v) is 2.40. The standard InChI is InChI=1S/C12H14N2O2/c1-16-7-6-12(15)14-11-8-13-10-5-3-2-4-9(10)11/h2-5,8,13H,6-7H2,1H3,(H,14,15). The molecule has 0 saturated heterocycles. The number of rotatable bonds is 4. The van der Waals surface area contributed by atoms with Crippen molar-refractivity contribution in [1.29, 1.82) is 0 Å². The molecule has 0 fully saturated rings. The maximum Gasteiger partial charge on any atom is 0.226 e. The number of nitrogens with one attached hydrogen (secondary N) is 2. The Morgan fingerprint density at radius 1 is 1.44 bits per heavy atom. The van der Waals surface area contributed by atoms with Gasteiger partial charge in [-0.2, -0.15) is 0 Å². The lowest BCUT2D eigenvalue weighted by atomic mass is 10.2. The fraction of sp³-hybridized carbons (Fsp3) is 0.250. The third-order valence-electron chi connectivity index (χ3n) is 2.40. The van der Waals surface area contributed by atoms with Crippen molar-refractivity contribution in [1.82, 2.24) is 4.98 Å². The van der Waals surface area contributed by atoms with Gasteiger partial charge >= 0.3 is 0 Å². The predicted molar refractivity (Wildman–Crippen MR) is 63.4 cm³/mol. The van der Waals surface area contributed by atoms with Crippen LogP contribution in [0.2, 0.25) is 0 Å². The molecule has 1 aromatic carbocycles. The Labute approximate surface area is 93.6 Å². The van der Waals surface area contributed by atoms with E-state index in [9.17, 15) is 4.79 Å². The zero-order valence-corrected chi connectivity index (χ0v) is 9.12. The van der Waals surface area contributed by atoms with E-state index in [-0.39, 0.29) is 5.91 Å². The molecule has 0 bridgehead atoms. The number of aromatic amines is 1. The van der Waals surface area contributed by atoms with Crippen LogP contribution in [0.15, 0.2) is 30.5 Å². The average Bonchev–Trinajstić information content (AvgIpc) is 2.70. The summed E-state index contributed by atoms with van der Waals surface area (Å²) in [6.45, 7) is 0.439. The van der Waals surface area contributed by atoms with E-state index in [4.69, 9.17) is 4.74 Å². The van der Waals surface area contributed by atoms with Crippen LogP contribution in [-0.2, 0) is 9.53 Å². The molecule has 2 N–H and O–H groups in total. The maximum absolute atomic E-state index is 11.5. The zero-order chi connectivity index (χ0) is 11.4. The van der Waals surface area contributed by atoms with Crippen molar-refractivity contribution in [2.75, 3.05) is 19.0 Å². The van der Waals surface area contributed by atoms with E-state index < -0.39 is 0 Å². The van der Waals surface area contributed by atoms with Crippen LogP contribution in [0.3, 0.4) is 0 Å². The molecule has 0 spiro atoms. The maximum atomic E-state index is 11.5. The Morgan fingerprint density at radius 2 is 2.25 bits per heavy atom. The summed E-state index contributed by atoms with van der Waals surface area (Å²) < 4.78 is 4.85. The predicted octanol–water partition coefficient (Wildman–Crippen LogP) is 2.14. The third kappa shape index (κ3) is 2.23. The number of para-hydroxylation sites is 1. The molecule has 4 nitrogen and oxygen atoms in total. The number of carbonyl (C=O) groups is 1. The van der Waals surface area contributed by atoms with Crippen molar-refractivity contribution in [2.45, 2.75) is 6.42 Å². The normalized spacial score (nSPS) is 10.6. The van der Waals surface area contributed by atoms with E-state index in [1.54, 1.807) is 13.3 Å². The number of carbonyl (C=O) groups excluding carboxylic acids is 1. The highest BCUT2D eigenvalue weighted by molar-refractivity contribution is 6.01. The summed E-state index contributed by atoms with van der Waals surface area (Å²) in [5.41, 5.74) is 1.83. The van der Waals surface area contributed by atoms with Crippen LogP contribution < -0.4 is 5.32 Å².